The van der Waals surface area contributed by atoms with Gasteiger partial charge in [-0.3, -0.25) is 33.8 Å². The number of fused-ring (bicyclic) bond motifs is 1. The number of aryl methyl sites for hydroxylation is 1. The third-order valence-electron chi connectivity index (χ3n) is 14.6. The number of unbranched alkanes of at least 4 members (excludes halogenated alkanes) is 4. The Kier molecular flexibility index (Phi) is 18.4. The van der Waals surface area contributed by atoms with E-state index in [0.717, 1.165) is 91.4 Å². The van der Waals surface area contributed by atoms with Crippen molar-refractivity contribution in [3.8, 4) is 16.2 Å². The number of likely N-dealkylation sites (tertiary alicyclic amines) is 1. The van der Waals surface area contributed by atoms with Crippen molar-refractivity contribution in [2.24, 2.45) is 21.3 Å². The molecule has 0 spiro atoms. The summed E-state index contributed by atoms with van der Waals surface area (Å²) in [5.74, 6) is -0.113. The number of amides is 5. The van der Waals surface area contributed by atoms with Crippen molar-refractivity contribution < 1.29 is 33.8 Å². The monoisotopic (exact) mass is 1070 g/mol. The zero-order chi connectivity index (χ0) is 54.8. The zero-order valence-electron chi connectivity index (χ0n) is 45.1. The number of ether oxygens (including phenoxy) is 1. The van der Waals surface area contributed by atoms with Crippen molar-refractivity contribution >= 4 is 75.4 Å². The van der Waals surface area contributed by atoms with Gasteiger partial charge in [-0.05, 0) is 86.2 Å². The first-order chi connectivity index (χ1) is 37.0. The van der Waals surface area contributed by atoms with Gasteiger partial charge in [0.15, 0.2) is 0 Å². The highest BCUT2D eigenvalue weighted by Crippen LogP contribution is 2.34. The molecule has 77 heavy (non-hydrogen) atoms. The Morgan fingerprint density at radius 1 is 0.948 bits per heavy atom. The molecule has 0 radical (unpaired) electrons. The number of rotatable bonds is 20. The van der Waals surface area contributed by atoms with Crippen molar-refractivity contribution in [1.82, 2.24) is 25.4 Å². The number of β-amino-alcohol motifs (C(OH)–C–C–N with tert-alkyl or cyclic N) is 1. The number of anilines is 4. The van der Waals surface area contributed by atoms with E-state index in [-0.39, 0.29) is 55.0 Å². The molecule has 19 heteroatoms. The molecular formula is C58H73N11O7S. The number of aliphatic imine (C=N–C) groups is 2. The van der Waals surface area contributed by atoms with E-state index in [1.54, 1.807) is 53.7 Å². The smallest absolute Gasteiger partial charge is 0.256 e. The number of piperazine rings is 1. The van der Waals surface area contributed by atoms with Crippen LogP contribution in [-0.4, -0.2) is 132 Å². The third-order valence-corrected chi connectivity index (χ3v) is 15.6. The van der Waals surface area contributed by atoms with Gasteiger partial charge in [0.05, 0.1) is 53.1 Å². The zero-order valence-corrected chi connectivity index (χ0v) is 46.0. The summed E-state index contributed by atoms with van der Waals surface area (Å²) in [4.78, 5) is 89.3. The van der Waals surface area contributed by atoms with Gasteiger partial charge in [-0.1, -0.05) is 82.5 Å². The van der Waals surface area contributed by atoms with E-state index in [0.29, 0.717) is 54.0 Å². The van der Waals surface area contributed by atoms with Gasteiger partial charge in [-0.15, -0.1) is 11.3 Å². The van der Waals surface area contributed by atoms with Gasteiger partial charge in [0.1, 0.15) is 23.7 Å². The molecule has 0 saturated carbocycles. The maximum atomic E-state index is 14.1. The van der Waals surface area contributed by atoms with Crippen LogP contribution in [-0.2, 0) is 30.5 Å². The number of nitrogens with one attached hydrogen (secondary N) is 4. The minimum absolute atomic E-state index is 0.0280. The lowest BCUT2D eigenvalue weighted by atomic mass is 9.85. The van der Waals surface area contributed by atoms with Gasteiger partial charge in [0.2, 0.25) is 29.6 Å². The number of hydrogen-bond acceptors (Lipinski definition) is 14. The van der Waals surface area contributed by atoms with E-state index in [4.69, 9.17) is 14.7 Å². The highest BCUT2D eigenvalue weighted by atomic mass is 32.1. The predicted molar refractivity (Wildman–Crippen MR) is 304 cm³/mol. The summed E-state index contributed by atoms with van der Waals surface area (Å²) in [5, 5.41) is 22.7. The van der Waals surface area contributed by atoms with Gasteiger partial charge in [0.25, 0.3) is 5.91 Å². The Bertz CT molecular complexity index is 2900. The number of methoxy groups -OCH3 is 1. The highest BCUT2D eigenvalue weighted by Gasteiger charge is 2.44. The molecule has 5 heterocycles. The van der Waals surface area contributed by atoms with Crippen molar-refractivity contribution in [2.45, 2.75) is 104 Å². The molecule has 3 aromatic carbocycles. The third kappa shape index (κ3) is 14.0. The average molecular weight is 1070 g/mol. The number of carbonyl (C=O) groups is 5. The van der Waals surface area contributed by atoms with Gasteiger partial charge < -0.3 is 40.9 Å². The van der Waals surface area contributed by atoms with Gasteiger partial charge >= 0.3 is 0 Å². The molecule has 1 unspecified atom stereocenters. The lowest BCUT2D eigenvalue weighted by Crippen LogP contribution is -2.57. The SMILES string of the molecule is C=CC(=O)Nc1cccc(N2C(=O)C=C(C)C3CN=C(Nc4ccc(N5CCN(CCCCCCCC(=O)N[C@H](C(=O)N6C[C@H](O)C[C@H]6C(=O)NCc6ccc(-c7scnc7C)cc6)C(C)(C)C)CC5)cc4OC)N=C32)c1. The standard InChI is InChI=1S/C58H73N11O7S/c1-8-49(71)62-41-15-14-16-43(30-41)69-51(73)29-37(2)45-34-60-57(65-54(45)69)63-46-23-22-42(31-48(46)76-7)67-27-25-66(26-28-67)24-13-11-9-10-12-17-50(72)64-53(58(4,5)6)56(75)68-35-44(70)32-47(68)55(74)59-33-39-18-20-40(21-19-39)52-38(3)61-36-77-52/h8,14-16,18-23,29-31,36,44-45,47,53,70H,1,9-13,17,24-28,32-35H2,2-7H3,(H,59,74)(H,60,63)(H,62,71)(H,64,72)/t44-,45?,47+,53-/m1/s1. The van der Waals surface area contributed by atoms with E-state index in [1.807, 2.05) is 76.5 Å². The number of aliphatic hydroxyl groups is 1. The van der Waals surface area contributed by atoms with Crippen LogP contribution in [0.25, 0.3) is 10.4 Å². The van der Waals surface area contributed by atoms with Crippen molar-refractivity contribution in [1.29, 1.82) is 0 Å². The molecule has 4 atom stereocenters. The number of thiazole rings is 1. The second-order valence-corrected chi connectivity index (χ2v) is 22.1. The molecule has 5 amide bonds. The fraction of sp³-hybridized carbons (Fsp3) is 0.448. The number of carbonyl (C=O) groups excluding carboxylic acids is 5. The van der Waals surface area contributed by atoms with Crippen LogP contribution >= 0.6 is 11.3 Å². The number of nitrogens with zero attached hydrogens (tertiary/aromatic N) is 7. The first kappa shape index (κ1) is 56.0. The maximum Gasteiger partial charge on any atom is 0.256 e. The van der Waals surface area contributed by atoms with Crippen LogP contribution in [0.15, 0.2) is 107 Å². The Morgan fingerprint density at radius 2 is 1.70 bits per heavy atom. The summed E-state index contributed by atoms with van der Waals surface area (Å²) in [6, 6.07) is 19.4. The lowest BCUT2D eigenvalue weighted by Gasteiger charge is -2.36. The fourth-order valence-corrected chi connectivity index (χ4v) is 11.1. The normalized spacial score (nSPS) is 19.1. The van der Waals surface area contributed by atoms with Crippen LogP contribution in [0.1, 0.15) is 83.9 Å². The molecular weight excluding hydrogens is 995 g/mol. The van der Waals surface area contributed by atoms with Gasteiger partial charge in [-0.2, -0.15) is 4.99 Å². The molecule has 0 bridgehead atoms. The van der Waals surface area contributed by atoms with Crippen molar-refractivity contribution in [3.05, 3.63) is 108 Å². The largest absolute Gasteiger partial charge is 0.494 e. The van der Waals surface area contributed by atoms with Crippen molar-refractivity contribution in [2.75, 3.05) is 73.4 Å². The number of benzene rings is 3. The minimum Gasteiger partial charge on any atom is -0.494 e. The van der Waals surface area contributed by atoms with Crippen LogP contribution in [0.2, 0.25) is 0 Å². The topological polar surface area (TPSA) is 213 Å². The van der Waals surface area contributed by atoms with Crippen LogP contribution < -0.4 is 35.8 Å². The molecule has 2 fully saturated rings. The molecule has 0 aliphatic carbocycles. The summed E-state index contributed by atoms with van der Waals surface area (Å²) in [5.41, 5.74) is 7.88. The van der Waals surface area contributed by atoms with Crippen LogP contribution in [0, 0.1) is 18.3 Å². The molecule has 4 aliphatic heterocycles. The molecule has 4 aliphatic rings. The molecule has 5 N–H and O–H groups in total. The first-order valence-corrected chi connectivity index (χ1v) is 27.5. The maximum absolute atomic E-state index is 14.1. The number of aromatic nitrogens is 1. The molecule has 8 rings (SSSR count). The number of guanidine groups is 1. The van der Waals surface area contributed by atoms with Crippen LogP contribution in [0.3, 0.4) is 0 Å². The Morgan fingerprint density at radius 3 is 2.42 bits per heavy atom. The summed E-state index contributed by atoms with van der Waals surface area (Å²) < 4.78 is 5.86. The average Bonchev–Trinajstić information content (AvgIpc) is 4.05. The summed E-state index contributed by atoms with van der Waals surface area (Å²) in [6.07, 6.45) is 7.13. The van der Waals surface area contributed by atoms with E-state index < -0.39 is 23.6 Å². The number of hydrogen-bond donors (Lipinski definition) is 5. The van der Waals surface area contributed by atoms with Crippen LogP contribution in [0.5, 0.6) is 5.75 Å². The quantitative estimate of drug-likeness (QED) is 0.0437. The molecule has 18 nitrogen and oxygen atoms in total. The highest BCUT2D eigenvalue weighted by molar-refractivity contribution is 7.13. The Hall–Kier alpha value is -7.22. The lowest BCUT2D eigenvalue weighted by molar-refractivity contribution is -0.144. The second-order valence-electron chi connectivity index (χ2n) is 21.3. The van der Waals surface area contributed by atoms with Crippen molar-refractivity contribution in [3.63, 3.8) is 0 Å². The van der Waals surface area contributed by atoms with Gasteiger partial charge in [0, 0.05) is 75.6 Å². The van der Waals surface area contributed by atoms with Gasteiger partial charge in [-0.25, -0.2) is 9.98 Å². The van der Waals surface area contributed by atoms with E-state index in [9.17, 15) is 29.1 Å². The second kappa shape index (κ2) is 25.3. The number of aliphatic hydroxyl groups excluding tert-OH is 1. The predicted octanol–water partition coefficient (Wildman–Crippen LogP) is 7.31. The summed E-state index contributed by atoms with van der Waals surface area (Å²) >= 11 is 1.58. The molecule has 4 aromatic rings. The molecule has 1 aromatic heterocycles. The minimum atomic E-state index is -0.859. The van der Waals surface area contributed by atoms with Crippen LogP contribution in [0.4, 0.5) is 22.7 Å². The summed E-state index contributed by atoms with van der Waals surface area (Å²) in [7, 11) is 1.64. The van der Waals surface area contributed by atoms with E-state index in [2.05, 4.69) is 48.7 Å². The summed E-state index contributed by atoms with van der Waals surface area (Å²) in [6.45, 7) is 18.4. The van der Waals surface area contributed by atoms with E-state index in [1.165, 1.54) is 11.0 Å². The molecule has 408 valence electrons. The number of amidine groups is 1. The van der Waals surface area contributed by atoms with E-state index >= 15 is 0 Å². The fourth-order valence-electron chi connectivity index (χ4n) is 10.2. The molecule has 2 saturated heterocycles. The Labute approximate surface area is 455 Å². The first-order valence-electron chi connectivity index (χ1n) is 26.7. The Balaban J connectivity index is 0.746.